The number of benzene rings is 3. The summed E-state index contributed by atoms with van der Waals surface area (Å²) in [5.74, 6) is -2.99. The maximum atomic E-state index is 13.4. The molecule has 1 amide bonds. The summed E-state index contributed by atoms with van der Waals surface area (Å²) in [5.41, 5.74) is 0.211. The minimum atomic E-state index is -5.11. The molecule has 1 fully saturated rings. The van der Waals surface area contributed by atoms with Crippen LogP contribution in [0.4, 0.5) is 13.2 Å². The number of halogens is 5. The first-order valence-corrected chi connectivity index (χ1v) is 14.4. The molecule has 2 atom stereocenters. The van der Waals surface area contributed by atoms with Crippen molar-refractivity contribution in [2.24, 2.45) is 0 Å². The van der Waals surface area contributed by atoms with Crippen molar-refractivity contribution in [3.63, 3.8) is 0 Å². The van der Waals surface area contributed by atoms with Gasteiger partial charge in [0.05, 0.1) is 30.0 Å². The Morgan fingerprint density at radius 1 is 1.07 bits per heavy atom. The normalized spacial score (nSPS) is 16.3. The van der Waals surface area contributed by atoms with Crippen molar-refractivity contribution in [3.05, 3.63) is 76.3 Å². The molecule has 0 radical (unpaired) electrons. The van der Waals surface area contributed by atoms with E-state index in [2.05, 4.69) is 10.1 Å². The van der Waals surface area contributed by atoms with E-state index in [1.807, 2.05) is 0 Å². The van der Waals surface area contributed by atoms with Gasteiger partial charge < -0.3 is 19.9 Å². The molecule has 224 valence electrons. The Morgan fingerprint density at radius 2 is 1.69 bits per heavy atom. The number of carbonyl (C=O) groups is 2. The molecule has 0 aromatic heterocycles. The molecule has 0 bridgehead atoms. The fourth-order valence-electron chi connectivity index (χ4n) is 4.49. The average molecular weight is 647 g/mol. The molecule has 3 aromatic rings. The van der Waals surface area contributed by atoms with E-state index < -0.39 is 52.5 Å². The van der Waals surface area contributed by atoms with Crippen molar-refractivity contribution >= 4 is 45.1 Å². The summed E-state index contributed by atoms with van der Waals surface area (Å²) in [5, 5.41) is 12.1. The first kappa shape index (κ1) is 31.4. The van der Waals surface area contributed by atoms with Crippen LogP contribution in [-0.4, -0.2) is 55.8 Å². The van der Waals surface area contributed by atoms with Crippen molar-refractivity contribution < 1.29 is 45.8 Å². The molecule has 1 aliphatic rings. The highest BCUT2D eigenvalue weighted by molar-refractivity contribution is 7.89. The van der Waals surface area contributed by atoms with Gasteiger partial charge >= 0.3 is 12.3 Å². The van der Waals surface area contributed by atoms with Crippen molar-refractivity contribution in [3.8, 4) is 22.6 Å². The maximum Gasteiger partial charge on any atom is 0.573 e. The molecule has 1 saturated heterocycles. The predicted molar refractivity (Wildman–Crippen MR) is 147 cm³/mol. The van der Waals surface area contributed by atoms with Gasteiger partial charge in [-0.2, -0.15) is 4.31 Å². The Kier molecular flexibility index (Phi) is 9.26. The molecule has 0 aliphatic carbocycles. The zero-order chi connectivity index (χ0) is 30.8. The highest BCUT2D eigenvalue weighted by atomic mass is 35.5. The van der Waals surface area contributed by atoms with E-state index in [4.69, 9.17) is 27.9 Å². The van der Waals surface area contributed by atoms with E-state index in [0.29, 0.717) is 5.56 Å². The van der Waals surface area contributed by atoms with Crippen LogP contribution in [0.3, 0.4) is 0 Å². The molecular formula is C27H23Cl2F3N2O7S. The molecular weight excluding hydrogens is 624 g/mol. The van der Waals surface area contributed by atoms with Gasteiger partial charge in [0.2, 0.25) is 15.9 Å². The number of rotatable bonds is 10. The highest BCUT2D eigenvalue weighted by Gasteiger charge is 2.44. The number of sulfonamides is 1. The van der Waals surface area contributed by atoms with Crippen molar-refractivity contribution in [2.75, 3.05) is 13.7 Å². The number of amides is 1. The number of ether oxygens (including phenoxy) is 2. The van der Waals surface area contributed by atoms with Gasteiger partial charge in [0, 0.05) is 16.6 Å². The lowest BCUT2D eigenvalue weighted by Crippen LogP contribution is -2.58. The van der Waals surface area contributed by atoms with Crippen LogP contribution in [0, 0.1) is 0 Å². The van der Waals surface area contributed by atoms with Crippen molar-refractivity contribution in [1.82, 2.24) is 9.62 Å². The third-order valence-corrected chi connectivity index (χ3v) is 8.73. The van der Waals surface area contributed by atoms with E-state index >= 15 is 0 Å². The summed E-state index contributed by atoms with van der Waals surface area (Å²) in [6, 6.07) is 11.3. The standard InChI is InChI=1S/C27H23Cl2F3N2O7S/c1-40-22-9-16(10-23(41-27(30,31)32)25(22)15-5-3-2-4-6-15)20(14-24(35)36)33-26(37)21-7-8-34(21)42(38,39)19-12-17(28)11-18(29)13-19/h2-6,9-13,20-21H,7-8,14H2,1H3,(H,33,37)(H,35,36)/t20-,21+/m1/s1. The van der Waals surface area contributed by atoms with Crippen LogP contribution in [0.15, 0.2) is 65.6 Å². The van der Waals surface area contributed by atoms with Crippen LogP contribution in [-0.2, 0) is 19.6 Å². The Bertz CT molecular complexity index is 1580. The third kappa shape index (κ3) is 7.09. The number of nitrogens with one attached hydrogen (secondary N) is 1. The monoisotopic (exact) mass is 646 g/mol. The minimum Gasteiger partial charge on any atom is -0.496 e. The van der Waals surface area contributed by atoms with E-state index in [9.17, 15) is 36.3 Å². The lowest BCUT2D eigenvalue weighted by atomic mass is 9.96. The number of hydrogen-bond donors (Lipinski definition) is 2. The third-order valence-electron chi connectivity index (χ3n) is 6.41. The number of nitrogens with zero attached hydrogens (tertiary/aromatic N) is 1. The topological polar surface area (TPSA) is 122 Å². The SMILES string of the molecule is COc1cc([C@@H](CC(=O)O)NC(=O)[C@@H]2CCN2S(=O)(=O)c2cc(Cl)cc(Cl)c2)cc(OC(F)(F)F)c1-c1ccccc1. The Balaban J connectivity index is 1.69. The van der Waals surface area contributed by atoms with E-state index in [1.165, 1.54) is 43.5 Å². The summed E-state index contributed by atoms with van der Waals surface area (Å²) >= 11 is 11.9. The van der Waals surface area contributed by atoms with E-state index in [1.54, 1.807) is 18.2 Å². The van der Waals surface area contributed by atoms with Gasteiger partial charge in [-0.05, 0) is 47.9 Å². The van der Waals surface area contributed by atoms with Crippen LogP contribution in [0.2, 0.25) is 10.0 Å². The maximum absolute atomic E-state index is 13.4. The van der Waals surface area contributed by atoms with Gasteiger partial charge in [0.25, 0.3) is 0 Å². The summed E-state index contributed by atoms with van der Waals surface area (Å²) in [4.78, 5) is 24.7. The first-order chi connectivity index (χ1) is 19.7. The van der Waals surface area contributed by atoms with Crippen LogP contribution < -0.4 is 14.8 Å². The lowest BCUT2D eigenvalue weighted by molar-refractivity contribution is -0.274. The van der Waals surface area contributed by atoms with Gasteiger partial charge in [-0.3, -0.25) is 9.59 Å². The molecule has 15 heteroatoms. The zero-order valence-electron chi connectivity index (χ0n) is 21.7. The molecule has 0 saturated carbocycles. The Morgan fingerprint density at radius 3 is 2.21 bits per heavy atom. The number of carboxylic acid groups (broad SMARTS) is 1. The fraction of sp³-hybridized carbons (Fsp3) is 0.259. The molecule has 9 nitrogen and oxygen atoms in total. The van der Waals surface area contributed by atoms with Crippen LogP contribution in [0.25, 0.3) is 11.1 Å². The molecule has 0 spiro atoms. The van der Waals surface area contributed by atoms with Gasteiger partial charge in [0.15, 0.2) is 0 Å². The summed E-state index contributed by atoms with van der Waals surface area (Å²) in [7, 11) is -3.00. The number of methoxy groups -OCH3 is 1. The van der Waals surface area contributed by atoms with Crippen LogP contribution in [0.5, 0.6) is 11.5 Å². The average Bonchev–Trinajstić information content (AvgIpc) is 2.85. The minimum absolute atomic E-state index is 0.0166. The Hall–Kier alpha value is -3.52. The van der Waals surface area contributed by atoms with Crippen molar-refractivity contribution in [2.45, 2.75) is 36.2 Å². The Labute approximate surface area is 248 Å². The molecule has 2 N–H and O–H groups in total. The number of carbonyl (C=O) groups excluding carboxylic acids is 1. The number of carboxylic acids is 1. The number of aliphatic carboxylic acids is 1. The number of hydrogen-bond acceptors (Lipinski definition) is 6. The second-order valence-corrected chi connectivity index (χ2v) is 12.0. The van der Waals surface area contributed by atoms with Crippen LogP contribution in [0.1, 0.15) is 24.4 Å². The lowest BCUT2D eigenvalue weighted by Gasteiger charge is -2.39. The fourth-order valence-corrected chi connectivity index (χ4v) is 6.85. The highest BCUT2D eigenvalue weighted by Crippen LogP contribution is 2.43. The summed E-state index contributed by atoms with van der Waals surface area (Å²) in [6.07, 6.45) is -5.74. The van der Waals surface area contributed by atoms with E-state index in [0.717, 1.165) is 10.4 Å². The molecule has 1 heterocycles. The zero-order valence-corrected chi connectivity index (χ0v) is 24.0. The first-order valence-electron chi connectivity index (χ1n) is 12.2. The van der Waals surface area contributed by atoms with Gasteiger partial charge in [-0.25, -0.2) is 8.42 Å². The molecule has 3 aromatic carbocycles. The molecule has 4 rings (SSSR count). The molecule has 42 heavy (non-hydrogen) atoms. The second kappa shape index (κ2) is 12.4. The van der Waals surface area contributed by atoms with Crippen LogP contribution >= 0.6 is 23.2 Å². The van der Waals surface area contributed by atoms with Gasteiger partial charge in [0.1, 0.15) is 17.5 Å². The second-order valence-electron chi connectivity index (χ2n) is 9.19. The largest absolute Gasteiger partial charge is 0.573 e. The predicted octanol–water partition coefficient (Wildman–Crippen LogP) is 5.66. The van der Waals surface area contributed by atoms with E-state index in [-0.39, 0.29) is 44.8 Å². The summed E-state index contributed by atoms with van der Waals surface area (Å²) in [6.45, 7) is -0.0166. The quantitative estimate of drug-likeness (QED) is 0.291. The van der Waals surface area contributed by atoms with Gasteiger partial charge in [-0.1, -0.05) is 53.5 Å². The molecule has 1 aliphatic heterocycles. The smallest absolute Gasteiger partial charge is 0.496 e. The van der Waals surface area contributed by atoms with Crippen molar-refractivity contribution in [1.29, 1.82) is 0 Å². The summed E-state index contributed by atoms with van der Waals surface area (Å²) < 4.78 is 77.2. The number of alkyl halides is 3. The van der Waals surface area contributed by atoms with Gasteiger partial charge in [-0.15, -0.1) is 13.2 Å². The molecule has 0 unspecified atom stereocenters.